The van der Waals surface area contributed by atoms with E-state index in [1.165, 1.54) is 0 Å². The van der Waals surface area contributed by atoms with Gasteiger partial charge < -0.3 is 14.5 Å². The number of aryl methyl sites for hydroxylation is 1. The highest BCUT2D eigenvalue weighted by Crippen LogP contribution is 2.23. The van der Waals surface area contributed by atoms with E-state index in [1.54, 1.807) is 36.4 Å². The summed E-state index contributed by atoms with van der Waals surface area (Å²) in [6.07, 6.45) is 0. The Morgan fingerprint density at radius 2 is 1.66 bits per heavy atom. The first-order valence-electron chi connectivity index (χ1n) is 9.96. The number of rotatable bonds is 7. The first-order valence-corrected chi connectivity index (χ1v) is 10.7. The van der Waals surface area contributed by atoms with Crippen molar-refractivity contribution in [2.45, 2.75) is 27.0 Å². The van der Waals surface area contributed by atoms with Crippen LogP contribution in [0.5, 0.6) is 5.75 Å². The number of aromatic nitrogens is 2. The number of amides is 1. The lowest BCUT2D eigenvalue weighted by molar-refractivity contribution is 0.0992. The molecule has 32 heavy (non-hydrogen) atoms. The van der Waals surface area contributed by atoms with Gasteiger partial charge in [0, 0.05) is 10.0 Å². The van der Waals surface area contributed by atoms with Crippen molar-refractivity contribution in [2.24, 2.45) is 0 Å². The van der Waals surface area contributed by atoms with Crippen LogP contribution in [-0.4, -0.2) is 15.7 Å². The molecule has 2 heterocycles. The molecule has 2 aromatic carbocycles. The molecule has 0 aliphatic heterocycles. The lowest BCUT2D eigenvalue weighted by atomic mass is 10.2. The molecular weight excluding hydrogens is 449 g/mol. The highest BCUT2D eigenvalue weighted by atomic mass is 35.5. The fourth-order valence-corrected chi connectivity index (χ4v) is 3.48. The van der Waals surface area contributed by atoms with Gasteiger partial charge in [0.15, 0.2) is 5.76 Å². The van der Waals surface area contributed by atoms with Crippen molar-refractivity contribution in [2.75, 3.05) is 5.32 Å². The topological polar surface area (TPSA) is 69.3 Å². The summed E-state index contributed by atoms with van der Waals surface area (Å²) in [6.45, 7) is 4.55. The van der Waals surface area contributed by atoms with E-state index in [0.717, 1.165) is 17.0 Å². The van der Waals surface area contributed by atoms with Crippen LogP contribution in [0, 0.1) is 13.8 Å². The molecule has 0 spiro atoms. The minimum atomic E-state index is -0.347. The molecule has 0 bridgehead atoms. The second kappa shape index (κ2) is 9.51. The fourth-order valence-electron chi connectivity index (χ4n) is 3.23. The zero-order chi connectivity index (χ0) is 22.7. The van der Waals surface area contributed by atoms with E-state index in [-0.39, 0.29) is 18.3 Å². The van der Waals surface area contributed by atoms with E-state index < -0.39 is 0 Å². The van der Waals surface area contributed by atoms with Gasteiger partial charge in [0.2, 0.25) is 0 Å². The molecule has 0 aliphatic carbocycles. The van der Waals surface area contributed by atoms with Gasteiger partial charge in [-0.25, -0.2) is 0 Å². The molecule has 0 radical (unpaired) electrons. The molecule has 2 aromatic heterocycles. The molecule has 0 atom stereocenters. The largest absolute Gasteiger partial charge is 0.486 e. The van der Waals surface area contributed by atoms with Gasteiger partial charge in [0.25, 0.3) is 5.91 Å². The molecule has 1 N–H and O–H groups in total. The van der Waals surface area contributed by atoms with E-state index >= 15 is 0 Å². The Bertz CT molecular complexity index is 1230. The summed E-state index contributed by atoms with van der Waals surface area (Å²) >= 11 is 11.8. The third-order valence-corrected chi connectivity index (χ3v) is 5.45. The third-order valence-electron chi connectivity index (χ3n) is 4.95. The molecule has 164 valence electrons. The number of nitrogens with one attached hydrogen (secondary N) is 1. The maximum Gasteiger partial charge on any atom is 0.291 e. The van der Waals surface area contributed by atoms with E-state index in [1.807, 2.05) is 42.8 Å². The molecule has 4 rings (SSSR count). The molecule has 4 aromatic rings. The zero-order valence-electron chi connectivity index (χ0n) is 17.6. The quantitative estimate of drug-likeness (QED) is 0.345. The number of hydrogen-bond acceptors (Lipinski definition) is 4. The number of furan rings is 1. The van der Waals surface area contributed by atoms with E-state index in [0.29, 0.717) is 33.8 Å². The molecule has 0 fully saturated rings. The summed E-state index contributed by atoms with van der Waals surface area (Å²) in [6, 6.07) is 18.0. The number of nitrogens with zero attached hydrogens (tertiary/aromatic N) is 2. The minimum Gasteiger partial charge on any atom is -0.486 e. The molecule has 0 unspecified atom stereocenters. The molecule has 8 heteroatoms. The lowest BCUT2D eigenvalue weighted by Gasteiger charge is -2.07. The highest BCUT2D eigenvalue weighted by molar-refractivity contribution is 6.30. The number of carbonyl (C=O) groups excluding carboxylic acids is 1. The van der Waals surface area contributed by atoms with Crippen molar-refractivity contribution in [3.05, 3.63) is 99.2 Å². The molecule has 1 amide bonds. The Balaban J connectivity index is 1.41. The molecular formula is C24H21Cl2N3O3. The highest BCUT2D eigenvalue weighted by Gasteiger charge is 2.18. The van der Waals surface area contributed by atoms with Crippen molar-refractivity contribution >= 4 is 34.8 Å². The predicted octanol–water partition coefficient (Wildman–Crippen LogP) is 6.28. The van der Waals surface area contributed by atoms with Crippen molar-refractivity contribution in [1.29, 1.82) is 0 Å². The van der Waals surface area contributed by atoms with Gasteiger partial charge in [0.1, 0.15) is 18.1 Å². The number of benzene rings is 2. The summed E-state index contributed by atoms with van der Waals surface area (Å²) < 4.78 is 13.2. The SMILES string of the molecule is Cc1nn(Cc2ccc(Cl)cc2)c(C)c1NC(=O)c1ccc(COc2ccc(Cl)cc2)o1. The summed E-state index contributed by atoms with van der Waals surface area (Å²) in [5, 5.41) is 8.79. The van der Waals surface area contributed by atoms with E-state index in [4.69, 9.17) is 32.4 Å². The Kier molecular flexibility index (Phi) is 6.53. The van der Waals surface area contributed by atoms with Crippen molar-refractivity contribution in [1.82, 2.24) is 9.78 Å². The van der Waals surface area contributed by atoms with Crippen LogP contribution in [0.4, 0.5) is 5.69 Å². The number of ether oxygens (including phenoxy) is 1. The van der Waals surface area contributed by atoms with Crippen LogP contribution in [0.3, 0.4) is 0 Å². The van der Waals surface area contributed by atoms with Crippen LogP contribution in [0.25, 0.3) is 0 Å². The number of anilines is 1. The summed E-state index contributed by atoms with van der Waals surface area (Å²) in [5.41, 5.74) is 3.31. The average molecular weight is 470 g/mol. The number of hydrogen-bond donors (Lipinski definition) is 1. The van der Waals surface area contributed by atoms with Crippen LogP contribution in [-0.2, 0) is 13.2 Å². The van der Waals surface area contributed by atoms with Gasteiger partial charge in [-0.05, 0) is 67.9 Å². The van der Waals surface area contributed by atoms with E-state index in [9.17, 15) is 4.79 Å². The first-order chi connectivity index (χ1) is 15.4. The minimum absolute atomic E-state index is 0.198. The second-order valence-electron chi connectivity index (χ2n) is 7.29. The Hall–Kier alpha value is -3.22. The molecule has 6 nitrogen and oxygen atoms in total. The van der Waals surface area contributed by atoms with Gasteiger partial charge in [0.05, 0.1) is 23.6 Å². The maximum absolute atomic E-state index is 12.7. The Morgan fingerprint density at radius 3 is 2.34 bits per heavy atom. The molecule has 0 saturated carbocycles. The van der Waals surface area contributed by atoms with Gasteiger partial charge in [-0.15, -0.1) is 0 Å². The van der Waals surface area contributed by atoms with Gasteiger partial charge >= 0.3 is 0 Å². The zero-order valence-corrected chi connectivity index (χ0v) is 19.1. The van der Waals surface area contributed by atoms with Crippen LogP contribution in [0.1, 0.15) is 33.3 Å². The van der Waals surface area contributed by atoms with Gasteiger partial charge in [-0.2, -0.15) is 5.10 Å². The van der Waals surface area contributed by atoms with Gasteiger partial charge in [-0.3, -0.25) is 9.48 Å². The van der Waals surface area contributed by atoms with E-state index in [2.05, 4.69) is 10.4 Å². The smallest absolute Gasteiger partial charge is 0.291 e. The fraction of sp³-hybridized carbons (Fsp3) is 0.167. The molecule has 0 aliphatic rings. The third kappa shape index (κ3) is 5.15. The summed E-state index contributed by atoms with van der Waals surface area (Å²) in [7, 11) is 0. The van der Waals surface area contributed by atoms with Crippen LogP contribution >= 0.6 is 23.2 Å². The number of carbonyl (C=O) groups is 1. The first kappa shape index (κ1) is 22.0. The monoisotopic (exact) mass is 469 g/mol. The number of halogens is 2. The summed E-state index contributed by atoms with van der Waals surface area (Å²) in [4.78, 5) is 12.7. The summed E-state index contributed by atoms with van der Waals surface area (Å²) in [5.74, 6) is 1.05. The maximum atomic E-state index is 12.7. The normalized spacial score (nSPS) is 10.9. The van der Waals surface area contributed by atoms with Crippen LogP contribution in [0.15, 0.2) is 65.1 Å². The van der Waals surface area contributed by atoms with Gasteiger partial charge in [-0.1, -0.05) is 35.3 Å². The molecule has 0 saturated heterocycles. The second-order valence-corrected chi connectivity index (χ2v) is 8.17. The van der Waals surface area contributed by atoms with Crippen molar-refractivity contribution in [3.63, 3.8) is 0 Å². The lowest BCUT2D eigenvalue weighted by Crippen LogP contribution is -2.12. The van der Waals surface area contributed by atoms with Crippen molar-refractivity contribution < 1.29 is 13.9 Å². The van der Waals surface area contributed by atoms with Crippen LogP contribution < -0.4 is 10.1 Å². The standard InChI is InChI=1S/C24H21Cl2N3O3/c1-15-23(16(2)29(28-15)13-17-3-5-18(25)6-4-17)27-24(30)22-12-11-21(32-22)14-31-20-9-7-19(26)8-10-20/h3-12H,13-14H2,1-2H3,(H,27,30). The Labute approximate surface area is 195 Å². The average Bonchev–Trinajstić information content (AvgIpc) is 3.35. The predicted molar refractivity (Wildman–Crippen MR) is 125 cm³/mol. The van der Waals surface area contributed by atoms with Crippen LogP contribution in [0.2, 0.25) is 10.0 Å². The Morgan fingerprint density at radius 1 is 1.00 bits per heavy atom. The van der Waals surface area contributed by atoms with Crippen molar-refractivity contribution in [3.8, 4) is 5.75 Å².